The number of halogens is 1. The van der Waals surface area contributed by atoms with Crippen molar-refractivity contribution in [2.75, 3.05) is 12.8 Å². The molecular formula is C33H28ClN5O8. The second kappa shape index (κ2) is 11.4. The fraction of sp³-hybridized carbons (Fsp3) is 0.242. The van der Waals surface area contributed by atoms with Crippen LogP contribution in [-0.2, 0) is 31.0 Å². The van der Waals surface area contributed by atoms with Crippen molar-refractivity contribution < 1.29 is 39.1 Å². The fourth-order valence-electron chi connectivity index (χ4n) is 6.27. The van der Waals surface area contributed by atoms with Crippen molar-refractivity contribution in [1.82, 2.24) is 19.5 Å². The molecular weight excluding hydrogens is 630 g/mol. The van der Waals surface area contributed by atoms with Gasteiger partial charge in [0.25, 0.3) is 0 Å². The van der Waals surface area contributed by atoms with Gasteiger partial charge in [-0.25, -0.2) is 14.6 Å². The molecule has 5 aromatic rings. The summed E-state index contributed by atoms with van der Waals surface area (Å²) in [4.78, 5) is 37.7. The number of carbonyl (C=O) groups excluding carboxylic acids is 1. The SMILES string of the molecule is COC(=O)c1ccccc1-c1ccc(CC(OC2[C@H]3O[C@@H](n4cnc5c(N)nc(Cl)nc54)[C@H](O)[C@@]23O)(C(=O)O)c2ccccc2)cc1. The Hall–Kier alpha value is -4.92. The molecule has 6 atom stereocenters. The Morgan fingerprint density at radius 3 is 2.43 bits per heavy atom. The summed E-state index contributed by atoms with van der Waals surface area (Å²) in [5, 5.41) is 33.5. The zero-order valence-electron chi connectivity index (χ0n) is 24.7. The Bertz CT molecular complexity index is 2010. The van der Waals surface area contributed by atoms with Crippen LogP contribution >= 0.6 is 11.6 Å². The number of aliphatic carboxylic acids is 1. The second-order valence-electron chi connectivity index (χ2n) is 11.4. The number of hydrogen-bond acceptors (Lipinski definition) is 11. The maximum atomic E-state index is 13.2. The molecule has 7 rings (SSSR count). The van der Waals surface area contributed by atoms with Gasteiger partial charge >= 0.3 is 11.9 Å². The molecule has 0 spiro atoms. The Morgan fingerprint density at radius 2 is 1.77 bits per heavy atom. The number of carbonyl (C=O) groups is 2. The number of rotatable bonds is 9. The number of carboxylic acids is 1. The van der Waals surface area contributed by atoms with Crippen LogP contribution in [0.5, 0.6) is 0 Å². The van der Waals surface area contributed by atoms with Crippen LogP contribution in [0.3, 0.4) is 0 Å². The first-order chi connectivity index (χ1) is 22.6. The minimum atomic E-state index is -1.98. The number of esters is 1. The van der Waals surface area contributed by atoms with Crippen LogP contribution in [0.15, 0.2) is 85.2 Å². The van der Waals surface area contributed by atoms with Gasteiger partial charge in [0.1, 0.15) is 23.8 Å². The predicted molar refractivity (Wildman–Crippen MR) is 167 cm³/mol. The van der Waals surface area contributed by atoms with Gasteiger partial charge in [-0.05, 0) is 39.9 Å². The number of hydrogen-bond donors (Lipinski definition) is 4. The zero-order valence-corrected chi connectivity index (χ0v) is 25.5. The quantitative estimate of drug-likeness (QED) is 0.134. The molecule has 3 aromatic carbocycles. The summed E-state index contributed by atoms with van der Waals surface area (Å²) in [6, 6.07) is 22.5. The third kappa shape index (κ3) is 4.91. The van der Waals surface area contributed by atoms with Crippen molar-refractivity contribution in [2.24, 2.45) is 0 Å². The van der Waals surface area contributed by atoms with Crippen LogP contribution in [0.1, 0.15) is 27.7 Å². The van der Waals surface area contributed by atoms with Gasteiger partial charge in [0.15, 0.2) is 28.9 Å². The first-order valence-corrected chi connectivity index (χ1v) is 14.9. The molecule has 2 fully saturated rings. The van der Waals surface area contributed by atoms with Crippen LogP contribution in [0.2, 0.25) is 5.28 Å². The molecule has 14 heteroatoms. The third-order valence-electron chi connectivity index (χ3n) is 8.77. The number of nitrogen functional groups attached to an aromatic ring is 1. The minimum absolute atomic E-state index is 0.0335. The van der Waals surface area contributed by atoms with Crippen LogP contribution in [0, 0.1) is 0 Å². The first kappa shape index (κ1) is 30.7. The number of benzene rings is 3. The minimum Gasteiger partial charge on any atom is -0.479 e. The highest BCUT2D eigenvalue weighted by Gasteiger charge is 2.79. The number of aromatic nitrogens is 4. The van der Waals surface area contributed by atoms with E-state index in [2.05, 4.69) is 15.0 Å². The largest absolute Gasteiger partial charge is 0.479 e. The molecule has 3 heterocycles. The molecule has 1 saturated heterocycles. The summed E-state index contributed by atoms with van der Waals surface area (Å²) in [6.07, 6.45) is -3.77. The smallest absolute Gasteiger partial charge is 0.341 e. The van der Waals surface area contributed by atoms with Crippen molar-refractivity contribution in [3.63, 3.8) is 0 Å². The number of imidazole rings is 1. The highest BCUT2D eigenvalue weighted by Crippen LogP contribution is 2.57. The molecule has 2 aromatic heterocycles. The van der Waals surface area contributed by atoms with Crippen molar-refractivity contribution in [3.05, 3.63) is 107 Å². The van der Waals surface area contributed by atoms with E-state index in [4.69, 9.17) is 31.5 Å². The lowest BCUT2D eigenvalue weighted by Gasteiger charge is -2.33. The number of ether oxygens (including phenoxy) is 3. The van der Waals surface area contributed by atoms with E-state index >= 15 is 0 Å². The van der Waals surface area contributed by atoms with Gasteiger partial charge in [-0.3, -0.25) is 4.57 Å². The molecule has 1 aliphatic carbocycles. The standard InChI is InChI=1S/C33H28ClN5O8/c1-45-29(41)21-10-6-5-9-20(21)18-13-11-17(12-14-18)15-32(30(42)43,19-7-3-2-4-8-19)47-25-24-33(25,44)23(40)28(46-24)39-16-36-22-26(35)37-31(34)38-27(22)39/h2-14,16,23-25,28,40,44H,15H2,1H3,(H,42,43)(H2,35,37,38)/t23-,24+,25?,28+,32?,33-/m0/s1. The van der Waals surface area contributed by atoms with Crippen molar-refractivity contribution in [2.45, 2.75) is 42.2 Å². The van der Waals surface area contributed by atoms with Crippen LogP contribution in [0.25, 0.3) is 22.3 Å². The van der Waals surface area contributed by atoms with E-state index in [1.807, 2.05) is 0 Å². The number of anilines is 1. The highest BCUT2D eigenvalue weighted by molar-refractivity contribution is 6.28. The van der Waals surface area contributed by atoms with Crippen LogP contribution in [-0.4, -0.2) is 77.8 Å². The van der Waals surface area contributed by atoms with Gasteiger partial charge in [-0.15, -0.1) is 0 Å². The van der Waals surface area contributed by atoms with E-state index in [9.17, 15) is 24.9 Å². The van der Waals surface area contributed by atoms with E-state index in [1.165, 1.54) is 18.0 Å². The molecule has 0 amide bonds. The van der Waals surface area contributed by atoms with Gasteiger partial charge in [0.2, 0.25) is 5.28 Å². The third-order valence-corrected chi connectivity index (χ3v) is 8.94. The molecule has 0 bridgehead atoms. The number of aliphatic hydroxyl groups is 2. The maximum absolute atomic E-state index is 13.2. The monoisotopic (exact) mass is 657 g/mol. The number of methoxy groups -OCH3 is 1. The van der Waals surface area contributed by atoms with E-state index in [-0.39, 0.29) is 28.7 Å². The van der Waals surface area contributed by atoms with E-state index in [1.54, 1.807) is 78.9 Å². The molecule has 1 saturated carbocycles. The topological polar surface area (TPSA) is 192 Å². The summed E-state index contributed by atoms with van der Waals surface area (Å²) in [7, 11) is 1.31. The average molecular weight is 658 g/mol. The number of carboxylic acid groups (broad SMARTS) is 1. The molecule has 0 radical (unpaired) electrons. The van der Waals surface area contributed by atoms with Gasteiger partial charge in [-0.1, -0.05) is 72.8 Å². The second-order valence-corrected chi connectivity index (χ2v) is 11.8. The Labute approximate surface area is 272 Å². The number of nitrogens with two attached hydrogens (primary N) is 1. The molecule has 240 valence electrons. The number of aliphatic hydroxyl groups excluding tert-OH is 1. The summed E-state index contributed by atoms with van der Waals surface area (Å²) in [5.74, 6) is -1.74. The van der Waals surface area contributed by atoms with Crippen molar-refractivity contribution in [3.8, 4) is 11.1 Å². The van der Waals surface area contributed by atoms with E-state index in [0.29, 0.717) is 22.3 Å². The van der Waals surface area contributed by atoms with Gasteiger partial charge in [0, 0.05) is 6.42 Å². The Balaban J connectivity index is 1.19. The molecule has 2 aliphatic rings. The molecule has 13 nitrogen and oxygen atoms in total. The summed E-state index contributed by atoms with van der Waals surface area (Å²) < 4.78 is 18.7. The zero-order chi connectivity index (χ0) is 33.1. The van der Waals surface area contributed by atoms with E-state index in [0.717, 1.165) is 5.56 Å². The Morgan fingerprint density at radius 1 is 1.06 bits per heavy atom. The first-order valence-electron chi connectivity index (χ1n) is 14.5. The molecule has 47 heavy (non-hydrogen) atoms. The normalized spacial score (nSPS) is 24.4. The summed E-state index contributed by atoms with van der Waals surface area (Å²) >= 11 is 5.99. The number of fused-ring (bicyclic) bond motifs is 2. The van der Waals surface area contributed by atoms with Crippen molar-refractivity contribution >= 4 is 40.5 Å². The lowest BCUT2D eigenvalue weighted by atomic mass is 9.86. The number of nitrogens with zero attached hydrogens (tertiary/aromatic N) is 4. The van der Waals surface area contributed by atoms with Crippen LogP contribution in [0.4, 0.5) is 5.82 Å². The average Bonchev–Trinajstić information content (AvgIpc) is 3.30. The van der Waals surface area contributed by atoms with Crippen LogP contribution < -0.4 is 5.73 Å². The molecule has 2 unspecified atom stereocenters. The Kier molecular flexibility index (Phi) is 7.45. The van der Waals surface area contributed by atoms with Gasteiger partial charge in [0.05, 0.1) is 19.0 Å². The van der Waals surface area contributed by atoms with E-state index < -0.39 is 47.7 Å². The predicted octanol–water partition coefficient (Wildman–Crippen LogP) is 3.13. The summed E-state index contributed by atoms with van der Waals surface area (Å²) in [5.41, 5.74) is 5.12. The lowest BCUT2D eigenvalue weighted by molar-refractivity contribution is -0.185. The lowest BCUT2D eigenvalue weighted by Crippen LogP contribution is -2.45. The van der Waals surface area contributed by atoms with Crippen molar-refractivity contribution in [1.29, 1.82) is 0 Å². The summed E-state index contributed by atoms with van der Waals surface area (Å²) in [6.45, 7) is 0. The molecule has 1 aliphatic heterocycles. The highest BCUT2D eigenvalue weighted by atomic mass is 35.5. The molecule has 5 N–H and O–H groups in total. The fourth-order valence-corrected chi connectivity index (χ4v) is 6.44. The maximum Gasteiger partial charge on any atom is 0.341 e. The van der Waals surface area contributed by atoms with Gasteiger partial charge in [-0.2, -0.15) is 9.97 Å². The van der Waals surface area contributed by atoms with Gasteiger partial charge < -0.3 is 35.3 Å².